The molecule has 0 aliphatic carbocycles. The molecule has 1 saturated heterocycles. The normalized spacial score (nSPS) is 21.1. The Morgan fingerprint density at radius 2 is 2.10 bits per heavy atom. The summed E-state index contributed by atoms with van der Waals surface area (Å²) in [6.45, 7) is 5.76. The second kappa shape index (κ2) is 6.86. The first-order valence-corrected chi connectivity index (χ1v) is 7.61. The molecule has 0 saturated carbocycles. The molecule has 1 atom stereocenters. The van der Waals surface area contributed by atoms with Crippen LogP contribution in [0.3, 0.4) is 0 Å². The van der Waals surface area contributed by atoms with Gasteiger partial charge in [0, 0.05) is 19.2 Å². The summed E-state index contributed by atoms with van der Waals surface area (Å²) < 4.78 is 16.3. The van der Waals surface area contributed by atoms with Gasteiger partial charge in [0.05, 0.1) is 24.8 Å². The van der Waals surface area contributed by atoms with E-state index in [1.54, 1.807) is 14.2 Å². The van der Waals surface area contributed by atoms with Gasteiger partial charge in [-0.1, -0.05) is 17.7 Å². The highest BCUT2D eigenvalue weighted by Gasteiger charge is 2.28. The van der Waals surface area contributed by atoms with Gasteiger partial charge in [0.25, 0.3) is 0 Å². The molecule has 118 valence electrons. The van der Waals surface area contributed by atoms with Crippen LogP contribution in [-0.2, 0) is 11.3 Å². The summed E-state index contributed by atoms with van der Waals surface area (Å²) in [7, 11) is 3.21. The van der Waals surface area contributed by atoms with E-state index < -0.39 is 0 Å². The summed E-state index contributed by atoms with van der Waals surface area (Å²) in [6.07, 6.45) is 2.02. The Morgan fingerprint density at radius 3 is 2.71 bits per heavy atom. The van der Waals surface area contributed by atoms with E-state index in [9.17, 15) is 0 Å². The van der Waals surface area contributed by atoms with Crippen LogP contribution >= 0.6 is 11.6 Å². The molecular weight excluding hydrogens is 290 g/mol. The highest BCUT2D eigenvalue weighted by atomic mass is 35.5. The van der Waals surface area contributed by atoms with Gasteiger partial charge >= 0.3 is 0 Å². The fourth-order valence-corrected chi connectivity index (χ4v) is 3.03. The monoisotopic (exact) mass is 313 g/mol. The van der Waals surface area contributed by atoms with Crippen LogP contribution in [-0.4, -0.2) is 32.5 Å². The predicted octanol–water partition coefficient (Wildman–Crippen LogP) is 3.40. The van der Waals surface area contributed by atoms with E-state index in [1.807, 2.05) is 12.1 Å². The van der Waals surface area contributed by atoms with Crippen LogP contribution in [0.1, 0.15) is 32.3 Å². The smallest absolute Gasteiger partial charge is 0.179 e. The molecule has 0 amide bonds. The Kier molecular flexibility index (Phi) is 5.36. The Morgan fingerprint density at radius 1 is 1.33 bits per heavy atom. The molecule has 1 fully saturated rings. The van der Waals surface area contributed by atoms with E-state index in [0.717, 1.165) is 25.0 Å². The van der Waals surface area contributed by atoms with Gasteiger partial charge in [-0.15, -0.1) is 0 Å². The molecule has 1 unspecified atom stereocenters. The maximum absolute atomic E-state index is 6.40. The van der Waals surface area contributed by atoms with Gasteiger partial charge in [-0.05, 0) is 38.3 Å². The van der Waals surface area contributed by atoms with Gasteiger partial charge in [0.1, 0.15) is 0 Å². The summed E-state index contributed by atoms with van der Waals surface area (Å²) >= 11 is 6.40. The van der Waals surface area contributed by atoms with Crippen molar-refractivity contribution < 1.29 is 14.2 Å². The lowest BCUT2D eigenvalue weighted by Crippen LogP contribution is -2.43. The lowest BCUT2D eigenvalue weighted by atomic mass is 9.94. The van der Waals surface area contributed by atoms with Crippen molar-refractivity contribution in [1.82, 2.24) is 5.32 Å². The maximum atomic E-state index is 6.40. The SMILES string of the molecule is COc1ccc(CNC2CCOC(C)(C)C2)c(Cl)c1OC. The quantitative estimate of drug-likeness (QED) is 0.904. The number of nitrogens with one attached hydrogen (secondary N) is 1. The van der Waals surface area contributed by atoms with Crippen LogP contribution in [0.4, 0.5) is 0 Å². The van der Waals surface area contributed by atoms with Crippen LogP contribution in [0, 0.1) is 0 Å². The Hall–Kier alpha value is -0.970. The van der Waals surface area contributed by atoms with Gasteiger partial charge in [0.15, 0.2) is 11.5 Å². The lowest BCUT2D eigenvalue weighted by Gasteiger charge is -2.36. The van der Waals surface area contributed by atoms with E-state index in [4.69, 9.17) is 25.8 Å². The summed E-state index contributed by atoms with van der Waals surface area (Å²) in [4.78, 5) is 0. The molecule has 1 N–H and O–H groups in total. The number of halogens is 1. The number of rotatable bonds is 5. The fourth-order valence-electron chi connectivity index (χ4n) is 2.73. The molecule has 0 spiro atoms. The van der Waals surface area contributed by atoms with E-state index in [2.05, 4.69) is 19.2 Å². The highest BCUT2D eigenvalue weighted by Crippen LogP contribution is 2.37. The molecule has 4 nitrogen and oxygen atoms in total. The largest absolute Gasteiger partial charge is 0.493 e. The van der Waals surface area contributed by atoms with Crippen LogP contribution in [0.15, 0.2) is 12.1 Å². The fraction of sp³-hybridized carbons (Fsp3) is 0.625. The second-order valence-corrected chi connectivity index (χ2v) is 6.33. The second-order valence-electron chi connectivity index (χ2n) is 5.95. The maximum Gasteiger partial charge on any atom is 0.179 e. The molecule has 0 bridgehead atoms. The molecule has 0 aromatic heterocycles. The van der Waals surface area contributed by atoms with E-state index in [0.29, 0.717) is 29.1 Å². The van der Waals surface area contributed by atoms with Crippen molar-refractivity contribution in [2.24, 2.45) is 0 Å². The Bertz CT molecular complexity index is 491. The third-order valence-corrected chi connectivity index (χ3v) is 4.26. The molecule has 1 aromatic carbocycles. The molecule has 1 aliphatic rings. The van der Waals surface area contributed by atoms with E-state index in [-0.39, 0.29) is 5.60 Å². The summed E-state index contributed by atoms with van der Waals surface area (Å²) in [6, 6.07) is 4.30. The van der Waals surface area contributed by atoms with Crippen molar-refractivity contribution in [3.05, 3.63) is 22.7 Å². The first-order chi connectivity index (χ1) is 9.96. The highest BCUT2D eigenvalue weighted by molar-refractivity contribution is 6.33. The number of ether oxygens (including phenoxy) is 3. The van der Waals surface area contributed by atoms with Crippen molar-refractivity contribution in [2.75, 3.05) is 20.8 Å². The van der Waals surface area contributed by atoms with Gasteiger partial charge in [0.2, 0.25) is 0 Å². The molecule has 1 heterocycles. The zero-order chi connectivity index (χ0) is 15.5. The number of hydrogen-bond acceptors (Lipinski definition) is 4. The van der Waals surface area contributed by atoms with E-state index in [1.165, 1.54) is 0 Å². The van der Waals surface area contributed by atoms with Crippen molar-refractivity contribution in [3.63, 3.8) is 0 Å². The third kappa shape index (κ3) is 4.02. The van der Waals surface area contributed by atoms with Crippen molar-refractivity contribution >= 4 is 11.6 Å². The van der Waals surface area contributed by atoms with Crippen LogP contribution in [0.5, 0.6) is 11.5 Å². The van der Waals surface area contributed by atoms with E-state index >= 15 is 0 Å². The van der Waals surface area contributed by atoms with Gasteiger partial charge in [-0.25, -0.2) is 0 Å². The van der Waals surface area contributed by atoms with Gasteiger partial charge in [-0.3, -0.25) is 0 Å². The Balaban J connectivity index is 2.03. The molecule has 21 heavy (non-hydrogen) atoms. The van der Waals surface area contributed by atoms with Crippen LogP contribution in [0.25, 0.3) is 0 Å². The topological polar surface area (TPSA) is 39.7 Å². The van der Waals surface area contributed by atoms with Crippen LogP contribution < -0.4 is 14.8 Å². The molecule has 2 rings (SSSR count). The molecule has 5 heteroatoms. The lowest BCUT2D eigenvalue weighted by molar-refractivity contribution is -0.0630. The minimum absolute atomic E-state index is 0.0582. The number of hydrogen-bond donors (Lipinski definition) is 1. The first-order valence-electron chi connectivity index (χ1n) is 7.23. The average Bonchev–Trinajstić information content (AvgIpc) is 2.44. The summed E-state index contributed by atoms with van der Waals surface area (Å²) in [5, 5.41) is 4.17. The van der Waals surface area contributed by atoms with Crippen LogP contribution in [0.2, 0.25) is 5.02 Å². The number of benzene rings is 1. The molecular formula is C16H24ClNO3. The molecule has 1 aliphatic heterocycles. The van der Waals surface area contributed by atoms with Crippen molar-refractivity contribution in [3.8, 4) is 11.5 Å². The Labute approximate surface area is 131 Å². The van der Waals surface area contributed by atoms with Gasteiger partial charge < -0.3 is 19.5 Å². The average molecular weight is 314 g/mol. The molecule has 1 aromatic rings. The first kappa shape index (κ1) is 16.4. The minimum atomic E-state index is -0.0582. The third-order valence-electron chi connectivity index (χ3n) is 3.84. The van der Waals surface area contributed by atoms with Crippen molar-refractivity contribution in [1.29, 1.82) is 0 Å². The zero-order valence-corrected chi connectivity index (χ0v) is 13.9. The summed E-state index contributed by atoms with van der Waals surface area (Å²) in [5.74, 6) is 1.24. The standard InChI is InChI=1S/C16H24ClNO3/c1-16(2)9-12(7-8-21-16)18-10-11-5-6-13(19-3)15(20-4)14(11)17/h5-6,12,18H,7-10H2,1-4H3. The summed E-state index contributed by atoms with van der Waals surface area (Å²) in [5.41, 5.74) is 0.954. The predicted molar refractivity (Wildman–Crippen MR) is 84.4 cm³/mol. The number of methoxy groups -OCH3 is 2. The van der Waals surface area contributed by atoms with Crippen molar-refractivity contribution in [2.45, 2.75) is 44.9 Å². The minimum Gasteiger partial charge on any atom is -0.493 e. The zero-order valence-electron chi connectivity index (χ0n) is 13.2. The molecule has 0 radical (unpaired) electrons. The van der Waals surface area contributed by atoms with Gasteiger partial charge in [-0.2, -0.15) is 0 Å².